The zero-order valence-corrected chi connectivity index (χ0v) is 17.3. The molecule has 3 rings (SSSR count). The summed E-state index contributed by atoms with van der Waals surface area (Å²) >= 11 is 0. The van der Waals surface area contributed by atoms with E-state index in [2.05, 4.69) is 5.32 Å². The maximum absolute atomic E-state index is 13.2. The first-order chi connectivity index (χ1) is 14.2. The maximum Gasteiger partial charge on any atom is 0.335 e. The van der Waals surface area contributed by atoms with Gasteiger partial charge < -0.3 is 4.74 Å². The van der Waals surface area contributed by atoms with Crippen molar-refractivity contribution < 1.29 is 23.5 Å². The number of benzene rings is 2. The van der Waals surface area contributed by atoms with Crippen molar-refractivity contribution in [2.24, 2.45) is 0 Å². The van der Waals surface area contributed by atoms with E-state index < -0.39 is 23.7 Å². The second-order valence-corrected chi connectivity index (χ2v) is 7.27. The number of carbonyl (C=O) groups excluding carboxylic acids is 3. The summed E-state index contributed by atoms with van der Waals surface area (Å²) in [5.74, 6) is -1.12. The standard InChI is InChI=1S/C23H23FN2O4/c1-5-30-20-10-14(4)15(11-18(20)13(2)3)12-19-21(27)25-23(29)26(22(19)28)17-8-6-16(24)7-9-17/h6-13H,5H2,1-4H3,(H,25,27,29)/b19-12-. The second-order valence-electron chi connectivity index (χ2n) is 7.27. The van der Waals surface area contributed by atoms with E-state index in [1.54, 1.807) is 0 Å². The zero-order valence-electron chi connectivity index (χ0n) is 17.3. The van der Waals surface area contributed by atoms with E-state index in [-0.39, 0.29) is 17.2 Å². The Morgan fingerprint density at radius 2 is 1.80 bits per heavy atom. The minimum absolute atomic E-state index is 0.164. The molecule has 4 amide bonds. The molecule has 0 saturated carbocycles. The van der Waals surface area contributed by atoms with Gasteiger partial charge in [-0.25, -0.2) is 14.1 Å². The molecule has 156 valence electrons. The van der Waals surface area contributed by atoms with E-state index in [1.165, 1.54) is 18.2 Å². The molecule has 0 spiro atoms. The molecule has 2 aromatic rings. The van der Waals surface area contributed by atoms with Gasteiger partial charge in [0.15, 0.2) is 0 Å². The Labute approximate surface area is 174 Å². The maximum atomic E-state index is 13.2. The summed E-state index contributed by atoms with van der Waals surface area (Å²) in [4.78, 5) is 38.5. The number of barbiturate groups is 1. The van der Waals surface area contributed by atoms with Crippen LogP contribution in [-0.2, 0) is 9.59 Å². The molecule has 1 heterocycles. The molecule has 1 fully saturated rings. The van der Waals surface area contributed by atoms with Crippen LogP contribution in [0, 0.1) is 12.7 Å². The van der Waals surface area contributed by atoms with Crippen molar-refractivity contribution in [2.75, 3.05) is 11.5 Å². The Bertz CT molecular complexity index is 1040. The fourth-order valence-corrected chi connectivity index (χ4v) is 3.24. The monoisotopic (exact) mass is 410 g/mol. The van der Waals surface area contributed by atoms with Crippen LogP contribution >= 0.6 is 0 Å². The molecule has 0 atom stereocenters. The second kappa shape index (κ2) is 8.49. The number of ether oxygens (including phenoxy) is 1. The predicted octanol–water partition coefficient (Wildman–Crippen LogP) is 4.32. The van der Waals surface area contributed by atoms with Gasteiger partial charge in [0, 0.05) is 0 Å². The lowest BCUT2D eigenvalue weighted by molar-refractivity contribution is -0.122. The van der Waals surface area contributed by atoms with Gasteiger partial charge in [-0.3, -0.25) is 14.9 Å². The molecule has 0 bridgehead atoms. The highest BCUT2D eigenvalue weighted by molar-refractivity contribution is 6.39. The molecule has 1 aliphatic heterocycles. The first-order valence-electron chi connectivity index (χ1n) is 9.67. The number of hydrogen-bond donors (Lipinski definition) is 1. The number of aryl methyl sites for hydroxylation is 1. The molecule has 7 heteroatoms. The van der Waals surface area contributed by atoms with Crippen molar-refractivity contribution in [1.82, 2.24) is 5.32 Å². The number of hydrogen-bond acceptors (Lipinski definition) is 4. The van der Waals surface area contributed by atoms with Crippen LogP contribution in [-0.4, -0.2) is 24.5 Å². The summed E-state index contributed by atoms with van der Waals surface area (Å²) in [6.07, 6.45) is 1.47. The average Bonchev–Trinajstić information content (AvgIpc) is 2.67. The Hall–Kier alpha value is -3.48. The Morgan fingerprint density at radius 1 is 1.13 bits per heavy atom. The molecule has 6 nitrogen and oxygen atoms in total. The third-order valence-electron chi connectivity index (χ3n) is 4.81. The van der Waals surface area contributed by atoms with E-state index in [9.17, 15) is 18.8 Å². The number of urea groups is 1. The fraction of sp³-hybridized carbons (Fsp3) is 0.261. The predicted molar refractivity (Wildman–Crippen MR) is 112 cm³/mol. The SMILES string of the molecule is CCOc1cc(C)c(/C=C2/C(=O)NC(=O)N(c3ccc(F)cc3)C2=O)cc1C(C)C. The van der Waals surface area contributed by atoms with Gasteiger partial charge in [0.1, 0.15) is 17.1 Å². The lowest BCUT2D eigenvalue weighted by Gasteiger charge is -2.26. The zero-order chi connectivity index (χ0) is 22.0. The van der Waals surface area contributed by atoms with E-state index >= 15 is 0 Å². The van der Waals surface area contributed by atoms with Crippen LogP contribution in [0.4, 0.5) is 14.9 Å². The Kier molecular flexibility index (Phi) is 6.01. The van der Waals surface area contributed by atoms with Crippen LogP contribution in [0.2, 0.25) is 0 Å². The number of amides is 4. The van der Waals surface area contributed by atoms with Crippen LogP contribution in [0.1, 0.15) is 43.4 Å². The smallest absolute Gasteiger partial charge is 0.335 e. The van der Waals surface area contributed by atoms with E-state index in [0.717, 1.165) is 33.9 Å². The quantitative estimate of drug-likeness (QED) is 0.588. The van der Waals surface area contributed by atoms with Gasteiger partial charge in [0.2, 0.25) is 0 Å². The number of anilines is 1. The van der Waals surface area contributed by atoms with Gasteiger partial charge >= 0.3 is 6.03 Å². The van der Waals surface area contributed by atoms with Crippen LogP contribution < -0.4 is 15.0 Å². The van der Waals surface area contributed by atoms with Gasteiger partial charge in [-0.2, -0.15) is 0 Å². The molecule has 1 saturated heterocycles. The summed E-state index contributed by atoms with van der Waals surface area (Å²) in [5, 5.41) is 2.17. The van der Waals surface area contributed by atoms with Crippen LogP contribution in [0.5, 0.6) is 5.75 Å². The highest BCUT2D eigenvalue weighted by Gasteiger charge is 2.37. The molecule has 2 aromatic carbocycles. The third kappa shape index (κ3) is 4.10. The highest BCUT2D eigenvalue weighted by atomic mass is 19.1. The molecular weight excluding hydrogens is 387 g/mol. The van der Waals surface area contributed by atoms with Crippen molar-refractivity contribution in [3.8, 4) is 5.75 Å². The molecule has 0 radical (unpaired) electrons. The number of imide groups is 2. The van der Waals surface area contributed by atoms with Gasteiger partial charge in [-0.05, 0) is 78.9 Å². The van der Waals surface area contributed by atoms with E-state index in [0.29, 0.717) is 12.2 Å². The lowest BCUT2D eigenvalue weighted by Crippen LogP contribution is -2.54. The summed E-state index contributed by atoms with van der Waals surface area (Å²) in [5.41, 5.74) is 2.43. The van der Waals surface area contributed by atoms with Crippen LogP contribution in [0.3, 0.4) is 0 Å². The van der Waals surface area contributed by atoms with E-state index in [1.807, 2.05) is 39.8 Å². The van der Waals surface area contributed by atoms with Crippen molar-refractivity contribution in [2.45, 2.75) is 33.6 Å². The van der Waals surface area contributed by atoms with Gasteiger partial charge in [0.25, 0.3) is 11.8 Å². The largest absolute Gasteiger partial charge is 0.494 e. The topological polar surface area (TPSA) is 75.7 Å². The summed E-state index contributed by atoms with van der Waals surface area (Å²) < 4.78 is 18.9. The fourth-order valence-electron chi connectivity index (χ4n) is 3.24. The first kappa shape index (κ1) is 21.2. The summed E-state index contributed by atoms with van der Waals surface area (Å²) in [6.45, 7) is 8.33. The number of nitrogens with one attached hydrogen (secondary N) is 1. The van der Waals surface area contributed by atoms with Crippen LogP contribution in [0.15, 0.2) is 42.0 Å². The summed E-state index contributed by atoms with van der Waals surface area (Å²) in [6, 6.07) is 7.78. The minimum atomic E-state index is -0.875. The van der Waals surface area contributed by atoms with Gasteiger partial charge in [-0.1, -0.05) is 13.8 Å². The van der Waals surface area contributed by atoms with Crippen molar-refractivity contribution in [3.63, 3.8) is 0 Å². The lowest BCUT2D eigenvalue weighted by atomic mass is 9.95. The van der Waals surface area contributed by atoms with Gasteiger partial charge in [-0.15, -0.1) is 0 Å². The number of rotatable bonds is 5. The Balaban J connectivity index is 2.06. The van der Waals surface area contributed by atoms with E-state index in [4.69, 9.17) is 4.74 Å². The van der Waals surface area contributed by atoms with Crippen molar-refractivity contribution >= 4 is 29.6 Å². The molecule has 1 N–H and O–H groups in total. The Morgan fingerprint density at radius 3 is 2.40 bits per heavy atom. The average molecular weight is 410 g/mol. The number of halogens is 1. The molecule has 30 heavy (non-hydrogen) atoms. The molecule has 0 aliphatic carbocycles. The van der Waals surface area contributed by atoms with Crippen molar-refractivity contribution in [1.29, 1.82) is 0 Å². The highest BCUT2D eigenvalue weighted by Crippen LogP contribution is 2.31. The molecular formula is C23H23FN2O4. The van der Waals surface area contributed by atoms with Gasteiger partial charge in [0.05, 0.1) is 12.3 Å². The molecule has 1 aliphatic rings. The molecule has 0 unspecified atom stereocenters. The minimum Gasteiger partial charge on any atom is -0.494 e. The van der Waals surface area contributed by atoms with Crippen molar-refractivity contribution in [3.05, 3.63) is 64.5 Å². The first-order valence-corrected chi connectivity index (χ1v) is 9.67. The number of carbonyl (C=O) groups is 3. The third-order valence-corrected chi connectivity index (χ3v) is 4.81. The summed E-state index contributed by atoms with van der Waals surface area (Å²) in [7, 11) is 0. The number of nitrogens with zero attached hydrogens (tertiary/aromatic N) is 1. The normalized spacial score (nSPS) is 15.7. The van der Waals surface area contributed by atoms with Crippen LogP contribution in [0.25, 0.3) is 6.08 Å². The molecule has 0 aromatic heterocycles.